The van der Waals surface area contributed by atoms with Crippen LogP contribution < -0.4 is 15.0 Å². The Balaban J connectivity index is 1.56. The van der Waals surface area contributed by atoms with Gasteiger partial charge in [-0.15, -0.1) is 0 Å². The maximum absolute atomic E-state index is 12.6. The minimum Gasteiger partial charge on any atom is -0.484 e. The van der Waals surface area contributed by atoms with Crippen molar-refractivity contribution in [1.82, 2.24) is 5.32 Å². The van der Waals surface area contributed by atoms with Gasteiger partial charge in [0.25, 0.3) is 5.91 Å². The molecule has 7 heteroatoms. The summed E-state index contributed by atoms with van der Waals surface area (Å²) in [5, 5.41) is 3.18. The van der Waals surface area contributed by atoms with Gasteiger partial charge in [0.15, 0.2) is 12.4 Å². The van der Waals surface area contributed by atoms with Crippen molar-refractivity contribution in [3.05, 3.63) is 59.1 Å². The van der Waals surface area contributed by atoms with E-state index in [1.54, 1.807) is 47.4 Å². The van der Waals surface area contributed by atoms with Crippen LogP contribution in [0.1, 0.15) is 23.7 Å². The molecule has 140 valence electrons. The molecule has 1 saturated heterocycles. The lowest BCUT2D eigenvalue weighted by atomic mass is 10.1. The number of benzene rings is 2. The lowest BCUT2D eigenvalue weighted by Gasteiger charge is -2.18. The van der Waals surface area contributed by atoms with Crippen LogP contribution in [0.5, 0.6) is 5.75 Å². The Bertz CT molecular complexity index is 884. The molecule has 1 fully saturated rings. The molecule has 0 radical (unpaired) electrons. The number of para-hydroxylation sites is 1. The van der Waals surface area contributed by atoms with Crippen molar-refractivity contribution in [3.63, 3.8) is 0 Å². The first-order valence-electron chi connectivity index (χ1n) is 8.55. The molecule has 2 amide bonds. The minimum atomic E-state index is -0.610. The summed E-state index contributed by atoms with van der Waals surface area (Å²) in [7, 11) is 0. The number of halogens is 1. The van der Waals surface area contributed by atoms with Crippen molar-refractivity contribution in [3.8, 4) is 5.75 Å². The normalized spacial score (nSPS) is 16.3. The fourth-order valence-electron chi connectivity index (χ4n) is 2.91. The zero-order valence-electron chi connectivity index (χ0n) is 14.8. The average Bonchev–Trinajstić information content (AvgIpc) is 3.01. The maximum Gasteiger partial charge on any atom is 0.258 e. The van der Waals surface area contributed by atoms with Gasteiger partial charge in [-0.1, -0.05) is 35.9 Å². The second-order valence-electron chi connectivity index (χ2n) is 6.22. The van der Waals surface area contributed by atoms with Crippen molar-refractivity contribution in [1.29, 1.82) is 0 Å². The highest BCUT2D eigenvalue weighted by Gasteiger charge is 2.34. The predicted molar refractivity (Wildman–Crippen MR) is 102 cm³/mol. The van der Waals surface area contributed by atoms with Gasteiger partial charge in [-0.2, -0.15) is 0 Å². The molecule has 3 rings (SSSR count). The number of carbonyl (C=O) groups excluding carboxylic acids is 3. The van der Waals surface area contributed by atoms with Gasteiger partial charge in [0, 0.05) is 12.1 Å². The van der Waals surface area contributed by atoms with Gasteiger partial charge in [0.2, 0.25) is 5.91 Å². The van der Waals surface area contributed by atoms with Crippen LogP contribution in [0.25, 0.3) is 0 Å². The van der Waals surface area contributed by atoms with Crippen molar-refractivity contribution in [2.45, 2.75) is 19.4 Å². The van der Waals surface area contributed by atoms with Crippen LogP contribution in [-0.2, 0) is 9.59 Å². The number of amides is 2. The van der Waals surface area contributed by atoms with Gasteiger partial charge in [-0.05, 0) is 37.6 Å². The third-order valence-electron chi connectivity index (χ3n) is 4.29. The summed E-state index contributed by atoms with van der Waals surface area (Å²) in [6.07, 6.45) is 0.496. The molecule has 2 aromatic rings. The summed E-state index contributed by atoms with van der Waals surface area (Å²) in [5.41, 5.74) is 1.15. The molecule has 1 aliphatic rings. The molecule has 0 bridgehead atoms. The Labute approximate surface area is 162 Å². The van der Waals surface area contributed by atoms with E-state index < -0.39 is 11.9 Å². The molecule has 1 unspecified atom stereocenters. The van der Waals surface area contributed by atoms with Crippen molar-refractivity contribution >= 4 is 34.9 Å². The number of ether oxygens (including phenoxy) is 1. The number of hydrogen-bond donors (Lipinski definition) is 1. The van der Waals surface area contributed by atoms with Gasteiger partial charge in [0.1, 0.15) is 11.8 Å². The predicted octanol–water partition coefficient (Wildman–Crippen LogP) is 2.84. The zero-order chi connectivity index (χ0) is 19.4. The molecule has 1 atom stereocenters. The number of rotatable bonds is 6. The van der Waals surface area contributed by atoms with E-state index in [1.165, 1.54) is 6.92 Å². The Hall–Kier alpha value is -2.86. The Morgan fingerprint density at radius 2 is 2.00 bits per heavy atom. The molecule has 6 nitrogen and oxygen atoms in total. The largest absolute Gasteiger partial charge is 0.484 e. The number of anilines is 1. The van der Waals surface area contributed by atoms with Crippen LogP contribution in [0, 0.1) is 0 Å². The number of ketones is 1. The lowest BCUT2D eigenvalue weighted by molar-refractivity contribution is -0.127. The standard InChI is InChI=1S/C20H19ClN2O4/c1-13(24)14-5-4-6-15(11-14)27-12-19(25)22-17-9-10-23(20(17)26)18-8-3-2-7-16(18)21/h2-8,11,17H,9-10,12H2,1H3,(H,22,25). The second-order valence-corrected chi connectivity index (χ2v) is 6.63. The molecular weight excluding hydrogens is 368 g/mol. The smallest absolute Gasteiger partial charge is 0.258 e. The first-order chi connectivity index (χ1) is 13.0. The van der Waals surface area contributed by atoms with Crippen molar-refractivity contribution in [2.24, 2.45) is 0 Å². The highest BCUT2D eigenvalue weighted by Crippen LogP contribution is 2.29. The van der Waals surface area contributed by atoms with Gasteiger partial charge >= 0.3 is 0 Å². The van der Waals surface area contributed by atoms with E-state index in [-0.39, 0.29) is 18.3 Å². The van der Waals surface area contributed by atoms with E-state index in [0.717, 1.165) is 0 Å². The quantitative estimate of drug-likeness (QED) is 0.774. The number of nitrogens with zero attached hydrogens (tertiary/aromatic N) is 1. The van der Waals surface area contributed by atoms with E-state index in [0.29, 0.717) is 35.0 Å². The third-order valence-corrected chi connectivity index (χ3v) is 4.61. The molecule has 0 aliphatic carbocycles. The molecule has 1 heterocycles. The molecule has 1 aliphatic heterocycles. The van der Waals surface area contributed by atoms with E-state index in [4.69, 9.17) is 16.3 Å². The minimum absolute atomic E-state index is 0.0823. The Kier molecular flexibility index (Phi) is 5.76. The topological polar surface area (TPSA) is 75.7 Å². The molecule has 27 heavy (non-hydrogen) atoms. The number of nitrogens with one attached hydrogen (secondary N) is 1. The number of hydrogen-bond acceptors (Lipinski definition) is 4. The van der Waals surface area contributed by atoms with Gasteiger partial charge in [0.05, 0.1) is 10.7 Å². The van der Waals surface area contributed by atoms with E-state index in [9.17, 15) is 14.4 Å². The fraction of sp³-hybridized carbons (Fsp3) is 0.250. The van der Waals surface area contributed by atoms with Crippen LogP contribution in [0.3, 0.4) is 0 Å². The molecule has 2 aromatic carbocycles. The van der Waals surface area contributed by atoms with E-state index in [1.807, 2.05) is 6.07 Å². The zero-order valence-corrected chi connectivity index (χ0v) is 15.5. The summed E-state index contributed by atoms with van der Waals surface area (Å²) >= 11 is 6.15. The Morgan fingerprint density at radius 1 is 1.22 bits per heavy atom. The second kappa shape index (κ2) is 8.22. The van der Waals surface area contributed by atoms with Crippen molar-refractivity contribution in [2.75, 3.05) is 18.1 Å². The molecule has 0 aromatic heterocycles. The van der Waals surface area contributed by atoms with Gasteiger partial charge < -0.3 is 15.0 Å². The summed E-state index contributed by atoms with van der Waals surface area (Å²) in [4.78, 5) is 37.7. The van der Waals surface area contributed by atoms with E-state index >= 15 is 0 Å². The van der Waals surface area contributed by atoms with Crippen LogP contribution >= 0.6 is 11.6 Å². The van der Waals surface area contributed by atoms with Crippen LogP contribution in [0.15, 0.2) is 48.5 Å². The van der Waals surface area contributed by atoms with Crippen LogP contribution in [-0.4, -0.2) is 36.8 Å². The lowest BCUT2D eigenvalue weighted by Crippen LogP contribution is -2.43. The summed E-state index contributed by atoms with van der Waals surface area (Å²) in [6, 6.07) is 13.1. The molecular formula is C20H19ClN2O4. The Morgan fingerprint density at radius 3 is 2.74 bits per heavy atom. The first kappa shape index (κ1) is 18.9. The third kappa shape index (κ3) is 4.46. The van der Waals surface area contributed by atoms with Gasteiger partial charge in [-0.25, -0.2) is 0 Å². The average molecular weight is 387 g/mol. The number of Topliss-reactive ketones (excluding diaryl/α,β-unsaturated/α-hetero) is 1. The SMILES string of the molecule is CC(=O)c1cccc(OCC(=O)NC2CCN(c3ccccc3Cl)C2=O)c1. The maximum atomic E-state index is 12.6. The molecule has 0 saturated carbocycles. The number of carbonyl (C=O) groups is 3. The van der Waals surface area contributed by atoms with Gasteiger partial charge in [-0.3, -0.25) is 14.4 Å². The first-order valence-corrected chi connectivity index (χ1v) is 8.92. The molecule has 1 N–H and O–H groups in total. The molecule has 0 spiro atoms. The monoisotopic (exact) mass is 386 g/mol. The highest BCUT2D eigenvalue weighted by atomic mass is 35.5. The highest BCUT2D eigenvalue weighted by molar-refractivity contribution is 6.34. The van der Waals surface area contributed by atoms with Crippen LogP contribution in [0.2, 0.25) is 5.02 Å². The summed E-state index contributed by atoms with van der Waals surface area (Å²) < 4.78 is 5.42. The van der Waals surface area contributed by atoms with Crippen molar-refractivity contribution < 1.29 is 19.1 Å². The van der Waals surface area contributed by atoms with E-state index in [2.05, 4.69) is 5.32 Å². The summed E-state index contributed by atoms with van der Waals surface area (Å²) in [5.74, 6) is -0.257. The fourth-order valence-corrected chi connectivity index (χ4v) is 3.15. The van der Waals surface area contributed by atoms with Crippen LogP contribution in [0.4, 0.5) is 5.69 Å². The summed E-state index contributed by atoms with van der Waals surface area (Å²) in [6.45, 7) is 1.70.